The van der Waals surface area contributed by atoms with E-state index in [1.165, 1.54) is 37.0 Å². The van der Waals surface area contributed by atoms with Crippen molar-refractivity contribution < 1.29 is 4.79 Å². The Kier molecular flexibility index (Phi) is 5.50. The van der Waals surface area contributed by atoms with E-state index in [9.17, 15) is 9.59 Å². The van der Waals surface area contributed by atoms with Crippen molar-refractivity contribution >= 4 is 17.2 Å². The molecule has 7 heteroatoms. The third-order valence-corrected chi connectivity index (χ3v) is 8.04. The molecule has 2 aromatic rings. The third-order valence-electron chi connectivity index (χ3n) is 7.18. The molecule has 5 rings (SSSR count). The summed E-state index contributed by atoms with van der Waals surface area (Å²) in [5.41, 5.74) is 1.75. The first kappa shape index (κ1) is 19.9. The largest absolute Gasteiger partial charge is 0.328 e. The molecule has 2 aliphatic heterocycles. The minimum atomic E-state index is -0.129. The summed E-state index contributed by atoms with van der Waals surface area (Å²) in [6.45, 7) is 4.74. The van der Waals surface area contributed by atoms with E-state index in [0.717, 1.165) is 54.4 Å². The Labute approximate surface area is 181 Å². The maximum absolute atomic E-state index is 13.0. The van der Waals surface area contributed by atoms with Gasteiger partial charge >= 0.3 is 0 Å². The van der Waals surface area contributed by atoms with Crippen molar-refractivity contribution in [3.05, 3.63) is 49.8 Å². The molecule has 30 heavy (non-hydrogen) atoms. The van der Waals surface area contributed by atoms with Gasteiger partial charge in [0, 0.05) is 32.1 Å². The van der Waals surface area contributed by atoms with E-state index in [4.69, 9.17) is 4.98 Å². The second-order valence-corrected chi connectivity index (χ2v) is 10.1. The Morgan fingerprint density at radius 2 is 2.03 bits per heavy atom. The molecule has 2 aromatic heterocycles. The zero-order valence-electron chi connectivity index (χ0n) is 17.6. The van der Waals surface area contributed by atoms with Crippen LogP contribution in [0.3, 0.4) is 0 Å². The zero-order chi connectivity index (χ0) is 20.7. The number of carbonyl (C=O) groups excluding carboxylic acids is 1. The molecule has 1 saturated carbocycles. The first-order valence-electron chi connectivity index (χ1n) is 11.3. The SMILES string of the molecule is CC1CCC(N2CCc3nc([C@@H]4CCCN4C(=O)c4cccs4)[nH]c(=O)c3C2)CC1. The van der Waals surface area contributed by atoms with Gasteiger partial charge in [-0.05, 0) is 55.9 Å². The monoisotopic (exact) mass is 426 g/mol. The first-order valence-corrected chi connectivity index (χ1v) is 12.2. The highest BCUT2D eigenvalue weighted by molar-refractivity contribution is 7.12. The number of nitrogens with one attached hydrogen (secondary N) is 1. The van der Waals surface area contributed by atoms with Crippen LogP contribution in [-0.2, 0) is 13.0 Å². The van der Waals surface area contributed by atoms with Crippen molar-refractivity contribution in [1.29, 1.82) is 0 Å². The molecule has 1 N–H and O–H groups in total. The highest BCUT2D eigenvalue weighted by atomic mass is 32.1. The van der Waals surface area contributed by atoms with Gasteiger partial charge in [-0.25, -0.2) is 4.98 Å². The molecule has 0 radical (unpaired) electrons. The average Bonchev–Trinajstić information content (AvgIpc) is 3.46. The van der Waals surface area contributed by atoms with Crippen molar-refractivity contribution in [2.24, 2.45) is 5.92 Å². The topological polar surface area (TPSA) is 69.3 Å². The number of aromatic nitrogens is 2. The summed E-state index contributed by atoms with van der Waals surface area (Å²) in [5, 5.41) is 1.93. The fourth-order valence-electron chi connectivity index (χ4n) is 5.38. The number of H-pyrrole nitrogens is 1. The van der Waals surface area contributed by atoms with Crippen molar-refractivity contribution in [2.75, 3.05) is 13.1 Å². The van der Waals surface area contributed by atoms with Gasteiger partial charge in [0.25, 0.3) is 11.5 Å². The van der Waals surface area contributed by atoms with Crippen molar-refractivity contribution in [1.82, 2.24) is 19.8 Å². The molecule has 1 saturated heterocycles. The smallest absolute Gasteiger partial charge is 0.264 e. The lowest BCUT2D eigenvalue weighted by molar-refractivity contribution is 0.0734. The highest BCUT2D eigenvalue weighted by Crippen LogP contribution is 2.33. The fraction of sp³-hybridized carbons (Fsp3) is 0.609. The van der Waals surface area contributed by atoms with Gasteiger partial charge < -0.3 is 9.88 Å². The molecule has 0 bridgehead atoms. The number of thiophene rings is 1. The number of hydrogen-bond acceptors (Lipinski definition) is 5. The van der Waals surface area contributed by atoms with Crippen molar-refractivity contribution in [3.63, 3.8) is 0 Å². The molecule has 160 valence electrons. The van der Waals surface area contributed by atoms with Crippen LogP contribution in [0.1, 0.15) is 78.2 Å². The van der Waals surface area contributed by atoms with E-state index in [2.05, 4.69) is 16.8 Å². The van der Waals surface area contributed by atoms with Crippen LogP contribution in [-0.4, -0.2) is 44.8 Å². The summed E-state index contributed by atoms with van der Waals surface area (Å²) in [5.74, 6) is 1.55. The number of likely N-dealkylation sites (tertiary alicyclic amines) is 1. The van der Waals surface area contributed by atoms with Crippen LogP contribution in [0, 0.1) is 5.92 Å². The van der Waals surface area contributed by atoms with Gasteiger partial charge in [0.2, 0.25) is 0 Å². The molecular formula is C23H30N4O2S. The Hall–Kier alpha value is -1.99. The number of aromatic amines is 1. The molecule has 1 aliphatic carbocycles. The van der Waals surface area contributed by atoms with Crippen LogP contribution in [0.15, 0.2) is 22.3 Å². The third kappa shape index (κ3) is 3.73. The Morgan fingerprint density at radius 1 is 1.20 bits per heavy atom. The lowest BCUT2D eigenvalue weighted by atomic mass is 9.86. The molecule has 0 spiro atoms. The van der Waals surface area contributed by atoms with E-state index >= 15 is 0 Å². The van der Waals surface area contributed by atoms with Crippen molar-refractivity contribution in [3.8, 4) is 0 Å². The standard InChI is InChI=1S/C23H30N4O2S/c1-15-6-8-16(9-7-15)26-12-10-18-17(14-26)22(28)25-21(24-18)19-4-2-11-27(19)23(29)20-5-3-13-30-20/h3,5,13,15-16,19H,2,4,6-12,14H2,1H3,(H,24,25,28)/t15?,16?,19-/m0/s1. The molecule has 3 aliphatic rings. The molecule has 6 nitrogen and oxygen atoms in total. The van der Waals surface area contributed by atoms with Gasteiger partial charge in [-0.1, -0.05) is 13.0 Å². The predicted molar refractivity (Wildman–Crippen MR) is 118 cm³/mol. The van der Waals surface area contributed by atoms with Crippen LogP contribution in [0.2, 0.25) is 0 Å². The van der Waals surface area contributed by atoms with E-state index in [1.54, 1.807) is 0 Å². The number of rotatable bonds is 3. The lowest BCUT2D eigenvalue weighted by Gasteiger charge is -2.38. The van der Waals surface area contributed by atoms with Gasteiger partial charge in [-0.3, -0.25) is 14.5 Å². The summed E-state index contributed by atoms with van der Waals surface area (Å²) in [7, 11) is 0. The first-order chi connectivity index (χ1) is 14.6. The van der Waals surface area contributed by atoms with Crippen LogP contribution in [0.4, 0.5) is 0 Å². The normalized spacial score (nSPS) is 27.2. The zero-order valence-corrected chi connectivity index (χ0v) is 18.4. The number of fused-ring (bicyclic) bond motifs is 1. The molecule has 0 aromatic carbocycles. The number of carbonyl (C=O) groups is 1. The summed E-state index contributed by atoms with van der Waals surface area (Å²) < 4.78 is 0. The van der Waals surface area contributed by atoms with Gasteiger partial charge in [-0.2, -0.15) is 0 Å². The molecule has 4 heterocycles. The van der Waals surface area contributed by atoms with Crippen LogP contribution in [0.25, 0.3) is 0 Å². The second-order valence-electron chi connectivity index (χ2n) is 9.14. The van der Waals surface area contributed by atoms with E-state index in [-0.39, 0.29) is 17.5 Å². The number of nitrogens with zero attached hydrogens (tertiary/aromatic N) is 3. The van der Waals surface area contributed by atoms with Crippen LogP contribution in [0.5, 0.6) is 0 Å². The van der Waals surface area contributed by atoms with Gasteiger partial charge in [0.15, 0.2) is 0 Å². The summed E-state index contributed by atoms with van der Waals surface area (Å²) >= 11 is 1.47. The van der Waals surface area contributed by atoms with Crippen LogP contribution < -0.4 is 5.56 Å². The molecule has 0 unspecified atom stereocenters. The lowest BCUT2D eigenvalue weighted by Crippen LogP contribution is -2.44. The molecule has 2 fully saturated rings. The molecule has 1 atom stereocenters. The highest BCUT2D eigenvalue weighted by Gasteiger charge is 2.34. The maximum Gasteiger partial charge on any atom is 0.264 e. The summed E-state index contributed by atoms with van der Waals surface area (Å²) in [6, 6.07) is 4.24. The van der Waals surface area contributed by atoms with E-state index in [0.29, 0.717) is 18.4 Å². The molecule has 1 amide bonds. The van der Waals surface area contributed by atoms with Gasteiger partial charge in [0.05, 0.1) is 22.2 Å². The predicted octanol–water partition coefficient (Wildman–Crippen LogP) is 3.75. The second kappa shape index (κ2) is 8.27. The maximum atomic E-state index is 13.0. The van der Waals surface area contributed by atoms with E-state index in [1.807, 2.05) is 22.4 Å². The van der Waals surface area contributed by atoms with Crippen LogP contribution >= 0.6 is 11.3 Å². The number of hydrogen-bond donors (Lipinski definition) is 1. The summed E-state index contributed by atoms with van der Waals surface area (Å²) in [6.07, 6.45) is 7.67. The Morgan fingerprint density at radius 3 is 2.80 bits per heavy atom. The Balaban J connectivity index is 1.36. The number of amides is 1. The fourth-order valence-corrected chi connectivity index (χ4v) is 6.06. The quantitative estimate of drug-likeness (QED) is 0.812. The minimum absolute atomic E-state index is 0.0145. The van der Waals surface area contributed by atoms with Gasteiger partial charge in [0.1, 0.15) is 5.82 Å². The minimum Gasteiger partial charge on any atom is -0.328 e. The molecular weight excluding hydrogens is 396 g/mol. The Bertz CT molecular complexity index is 962. The van der Waals surface area contributed by atoms with Gasteiger partial charge in [-0.15, -0.1) is 11.3 Å². The van der Waals surface area contributed by atoms with Crippen molar-refractivity contribution in [2.45, 2.75) is 70.5 Å². The summed E-state index contributed by atoms with van der Waals surface area (Å²) in [4.78, 5) is 39.0. The van der Waals surface area contributed by atoms with E-state index < -0.39 is 0 Å². The average molecular weight is 427 g/mol.